The van der Waals surface area contributed by atoms with Gasteiger partial charge in [-0.3, -0.25) is 9.59 Å². The summed E-state index contributed by atoms with van der Waals surface area (Å²) in [5.41, 5.74) is 2.33. The lowest BCUT2D eigenvalue weighted by atomic mass is 9.68. The summed E-state index contributed by atoms with van der Waals surface area (Å²) < 4.78 is 0. The van der Waals surface area contributed by atoms with Crippen molar-refractivity contribution < 1.29 is 14.4 Å². The van der Waals surface area contributed by atoms with Gasteiger partial charge in [-0.1, -0.05) is 13.8 Å². The van der Waals surface area contributed by atoms with Gasteiger partial charge in [-0.2, -0.15) is 5.90 Å². The Kier molecular flexibility index (Phi) is 3.69. The minimum absolute atomic E-state index is 0.0128. The third kappa shape index (κ3) is 2.61. The highest BCUT2D eigenvalue weighted by molar-refractivity contribution is 6.10. The van der Waals surface area contributed by atoms with Crippen LogP contribution in [0.4, 0.5) is 0 Å². The van der Waals surface area contributed by atoms with Gasteiger partial charge in [0.05, 0.1) is 0 Å². The average Bonchev–Trinajstić information content (AvgIpc) is 2.29. The number of nitrogens with two attached hydrogens (primary N) is 1. The fraction of sp³-hybridized carbons (Fsp3) is 0.500. The zero-order valence-corrected chi connectivity index (χ0v) is 12.4. The molecule has 20 heavy (non-hydrogen) atoms. The van der Waals surface area contributed by atoms with Crippen LogP contribution >= 0.6 is 0 Å². The van der Waals surface area contributed by atoms with Gasteiger partial charge in [0.2, 0.25) is 0 Å². The van der Waals surface area contributed by atoms with Crippen LogP contribution in [0.15, 0.2) is 12.1 Å². The van der Waals surface area contributed by atoms with Crippen molar-refractivity contribution in [2.45, 2.75) is 46.5 Å². The van der Waals surface area contributed by atoms with E-state index in [0.717, 1.165) is 16.7 Å². The predicted octanol–water partition coefficient (Wildman–Crippen LogP) is 2.60. The Morgan fingerprint density at radius 3 is 1.95 bits per heavy atom. The molecule has 0 radical (unpaired) electrons. The molecule has 0 heterocycles. The van der Waals surface area contributed by atoms with Crippen molar-refractivity contribution in [3.05, 3.63) is 28.8 Å². The SMILES string of the molecule is Cc1cc(ON)cc(C)c1C1C(=O)CC(C)(C)CC1=O. The molecule has 1 aromatic carbocycles. The molecule has 4 heteroatoms. The monoisotopic (exact) mass is 275 g/mol. The van der Waals surface area contributed by atoms with E-state index in [2.05, 4.69) is 0 Å². The van der Waals surface area contributed by atoms with Crippen LogP contribution in [0.25, 0.3) is 0 Å². The third-order valence-corrected chi connectivity index (χ3v) is 3.94. The first-order valence-electron chi connectivity index (χ1n) is 6.78. The second kappa shape index (κ2) is 5.02. The topological polar surface area (TPSA) is 69.4 Å². The van der Waals surface area contributed by atoms with E-state index in [0.29, 0.717) is 18.6 Å². The Labute approximate surface area is 119 Å². The quantitative estimate of drug-likeness (QED) is 0.665. The van der Waals surface area contributed by atoms with Gasteiger partial charge in [0, 0.05) is 12.8 Å². The van der Waals surface area contributed by atoms with Crippen molar-refractivity contribution in [3.63, 3.8) is 0 Å². The van der Waals surface area contributed by atoms with Crippen molar-refractivity contribution in [2.24, 2.45) is 11.3 Å². The van der Waals surface area contributed by atoms with Gasteiger partial charge in [0.1, 0.15) is 23.2 Å². The summed E-state index contributed by atoms with van der Waals surface area (Å²) in [6, 6.07) is 3.53. The zero-order chi connectivity index (χ0) is 15.1. The Bertz CT molecular complexity index is 532. The van der Waals surface area contributed by atoms with Crippen molar-refractivity contribution >= 4 is 11.6 Å². The van der Waals surface area contributed by atoms with Gasteiger partial charge in [0.15, 0.2) is 0 Å². The molecule has 1 saturated carbocycles. The van der Waals surface area contributed by atoms with Crippen LogP contribution in [0.3, 0.4) is 0 Å². The van der Waals surface area contributed by atoms with Crippen LogP contribution in [0.1, 0.15) is 49.3 Å². The summed E-state index contributed by atoms with van der Waals surface area (Å²) in [5, 5.41) is 0. The minimum atomic E-state index is -0.630. The standard InChI is InChI=1S/C16H21NO3/c1-9-5-11(20-17)6-10(2)14(9)15-12(18)7-16(3,4)8-13(15)19/h5-6,15H,7-8,17H2,1-4H3. The normalized spacial score (nSPS) is 19.2. The molecular weight excluding hydrogens is 254 g/mol. The summed E-state index contributed by atoms with van der Waals surface area (Å²) >= 11 is 0. The molecule has 1 aromatic rings. The summed E-state index contributed by atoms with van der Waals surface area (Å²) in [4.78, 5) is 29.5. The third-order valence-electron chi connectivity index (χ3n) is 3.94. The average molecular weight is 275 g/mol. The Balaban J connectivity index is 2.47. The highest BCUT2D eigenvalue weighted by Crippen LogP contribution is 2.40. The molecule has 1 aliphatic carbocycles. The molecule has 108 valence electrons. The highest BCUT2D eigenvalue weighted by atomic mass is 16.6. The Hall–Kier alpha value is -1.68. The molecule has 0 unspecified atom stereocenters. The molecule has 2 rings (SSSR count). The van der Waals surface area contributed by atoms with Crippen LogP contribution in [-0.2, 0) is 9.59 Å². The van der Waals surface area contributed by atoms with Gasteiger partial charge in [0.25, 0.3) is 0 Å². The number of carbonyl (C=O) groups excluding carboxylic acids is 2. The van der Waals surface area contributed by atoms with Crippen LogP contribution in [-0.4, -0.2) is 11.6 Å². The zero-order valence-electron chi connectivity index (χ0n) is 12.4. The molecule has 0 aromatic heterocycles. The second-order valence-electron chi connectivity index (χ2n) is 6.47. The number of rotatable bonds is 2. The largest absolute Gasteiger partial charge is 0.412 e. The number of carbonyl (C=O) groups is 2. The maximum Gasteiger partial charge on any atom is 0.148 e. The molecule has 0 amide bonds. The van der Waals surface area contributed by atoms with E-state index in [4.69, 9.17) is 10.7 Å². The number of hydrogen-bond donors (Lipinski definition) is 1. The summed E-state index contributed by atoms with van der Waals surface area (Å²) in [5.74, 6) is 5.11. The fourth-order valence-corrected chi connectivity index (χ4v) is 3.17. The van der Waals surface area contributed by atoms with Gasteiger partial charge in [-0.05, 0) is 48.1 Å². The maximum absolute atomic E-state index is 12.4. The Morgan fingerprint density at radius 2 is 1.55 bits per heavy atom. The van der Waals surface area contributed by atoms with E-state index in [1.54, 1.807) is 12.1 Å². The van der Waals surface area contributed by atoms with E-state index in [-0.39, 0.29) is 17.0 Å². The second-order valence-corrected chi connectivity index (χ2v) is 6.47. The van der Waals surface area contributed by atoms with E-state index >= 15 is 0 Å². The number of hydrogen-bond acceptors (Lipinski definition) is 4. The molecule has 2 N–H and O–H groups in total. The molecule has 0 spiro atoms. The molecule has 1 aliphatic rings. The van der Waals surface area contributed by atoms with Gasteiger partial charge in [-0.25, -0.2) is 0 Å². The maximum atomic E-state index is 12.4. The van der Waals surface area contributed by atoms with E-state index in [1.165, 1.54) is 0 Å². The number of Topliss-reactive ketones (excluding diaryl/α,β-unsaturated/α-hetero) is 2. The van der Waals surface area contributed by atoms with Gasteiger partial charge >= 0.3 is 0 Å². The lowest BCUT2D eigenvalue weighted by Crippen LogP contribution is -2.36. The van der Waals surface area contributed by atoms with E-state index in [1.807, 2.05) is 27.7 Å². The first-order chi connectivity index (χ1) is 9.25. The van der Waals surface area contributed by atoms with E-state index < -0.39 is 5.92 Å². The number of ketones is 2. The van der Waals surface area contributed by atoms with Gasteiger partial charge < -0.3 is 4.84 Å². The summed E-state index contributed by atoms with van der Waals surface area (Å²) in [7, 11) is 0. The molecule has 0 bridgehead atoms. The van der Waals surface area contributed by atoms with Crippen LogP contribution in [0, 0.1) is 19.3 Å². The minimum Gasteiger partial charge on any atom is -0.412 e. The number of benzene rings is 1. The van der Waals surface area contributed by atoms with Crippen molar-refractivity contribution in [1.29, 1.82) is 0 Å². The van der Waals surface area contributed by atoms with Gasteiger partial charge in [-0.15, -0.1) is 0 Å². The highest BCUT2D eigenvalue weighted by Gasteiger charge is 2.41. The Morgan fingerprint density at radius 1 is 1.10 bits per heavy atom. The molecule has 0 saturated heterocycles. The van der Waals surface area contributed by atoms with Crippen LogP contribution in [0.5, 0.6) is 5.75 Å². The lowest BCUT2D eigenvalue weighted by Gasteiger charge is -2.33. The molecular formula is C16H21NO3. The van der Waals surface area contributed by atoms with Crippen molar-refractivity contribution in [1.82, 2.24) is 0 Å². The first kappa shape index (κ1) is 14.7. The molecule has 0 atom stereocenters. The molecule has 4 nitrogen and oxygen atoms in total. The van der Waals surface area contributed by atoms with Crippen molar-refractivity contribution in [2.75, 3.05) is 0 Å². The smallest absolute Gasteiger partial charge is 0.148 e. The van der Waals surface area contributed by atoms with E-state index in [9.17, 15) is 9.59 Å². The first-order valence-corrected chi connectivity index (χ1v) is 6.78. The lowest BCUT2D eigenvalue weighted by molar-refractivity contribution is -0.135. The fourth-order valence-electron chi connectivity index (χ4n) is 3.17. The number of aryl methyl sites for hydroxylation is 2. The molecule has 1 fully saturated rings. The molecule has 0 aliphatic heterocycles. The predicted molar refractivity (Wildman–Crippen MR) is 76.5 cm³/mol. The van der Waals surface area contributed by atoms with Crippen molar-refractivity contribution in [3.8, 4) is 5.75 Å². The summed E-state index contributed by atoms with van der Waals surface area (Å²) in [6.07, 6.45) is 0.884. The van der Waals surface area contributed by atoms with Crippen LogP contribution < -0.4 is 10.7 Å². The van der Waals surface area contributed by atoms with Crippen LogP contribution in [0.2, 0.25) is 0 Å². The summed E-state index contributed by atoms with van der Waals surface area (Å²) in [6.45, 7) is 7.69.